The predicted octanol–water partition coefficient (Wildman–Crippen LogP) is 2.53. The Morgan fingerprint density at radius 2 is 1.81 bits per heavy atom. The van der Waals surface area contributed by atoms with Crippen LogP contribution in [0, 0.1) is 17.8 Å². The second-order valence-corrected chi connectivity index (χ2v) is 8.97. The maximum atomic E-state index is 13.5. The van der Waals surface area contributed by atoms with Crippen LogP contribution in [-0.4, -0.2) is 65.9 Å². The molecule has 31 heavy (non-hydrogen) atoms. The standard InChI is InChI=1S/C24H45N3O4/c1-10-12-13-17(7)22(29)21(19(28)11-2)27(9)24(31)20(16(5)6)26-23(30)18(25-8)14-15(3)4/h10,12,15-18,20-22,25,29H,11,13-14H2,1-9H3,(H,26,30)/b12-10+/t17-,18+,20+,21?,22-/m1/s1/i1+1D3,10+1D. The van der Waals surface area contributed by atoms with Crippen molar-refractivity contribution in [3.8, 4) is 0 Å². The Morgan fingerprint density at radius 3 is 2.26 bits per heavy atom. The molecule has 0 aromatic heterocycles. The number of rotatable bonds is 14. The largest absolute Gasteiger partial charge is 0.390 e. The van der Waals surface area contributed by atoms with E-state index in [0.29, 0.717) is 6.42 Å². The zero-order valence-corrected chi connectivity index (χ0v) is 20.4. The van der Waals surface area contributed by atoms with Crippen LogP contribution in [0.2, 0.25) is 0 Å². The molecule has 0 heterocycles. The van der Waals surface area contributed by atoms with Crippen LogP contribution in [0.5, 0.6) is 0 Å². The molecule has 0 aliphatic rings. The van der Waals surface area contributed by atoms with Gasteiger partial charge in [-0.15, -0.1) is 0 Å². The molecule has 1 unspecified atom stereocenters. The molecule has 0 aliphatic carbocycles. The van der Waals surface area contributed by atoms with Gasteiger partial charge in [0.05, 0.1) is 13.5 Å². The van der Waals surface area contributed by atoms with Crippen molar-refractivity contribution in [3.05, 3.63) is 12.1 Å². The van der Waals surface area contributed by atoms with E-state index in [9.17, 15) is 19.5 Å². The van der Waals surface area contributed by atoms with E-state index in [2.05, 4.69) is 10.6 Å². The third kappa shape index (κ3) is 9.11. The average molecular weight is 446 g/mol. The predicted molar refractivity (Wildman–Crippen MR) is 126 cm³/mol. The van der Waals surface area contributed by atoms with Crippen LogP contribution in [0.25, 0.3) is 0 Å². The number of carbonyl (C=O) groups excluding carboxylic acids is 3. The van der Waals surface area contributed by atoms with E-state index in [4.69, 9.17) is 5.48 Å². The summed E-state index contributed by atoms with van der Waals surface area (Å²) in [6.07, 6.45) is 0.644. The van der Waals surface area contributed by atoms with E-state index < -0.39 is 49.0 Å². The van der Waals surface area contributed by atoms with Gasteiger partial charge in [0.1, 0.15) is 12.1 Å². The molecule has 0 radical (unpaired) electrons. The Morgan fingerprint density at radius 1 is 1.19 bits per heavy atom. The first-order valence-corrected chi connectivity index (χ1v) is 11.1. The minimum absolute atomic E-state index is 0.0529. The Bertz CT molecular complexity index is 741. The van der Waals surface area contributed by atoms with E-state index in [0.717, 1.165) is 0 Å². The highest BCUT2D eigenvalue weighted by atomic mass is 16.3. The number of likely N-dealkylation sites (N-methyl/N-ethyl adjacent to an activating group) is 2. The topological polar surface area (TPSA) is 98.7 Å². The first-order valence-electron chi connectivity index (χ1n) is 13.1. The van der Waals surface area contributed by atoms with Gasteiger partial charge in [0.2, 0.25) is 11.8 Å². The van der Waals surface area contributed by atoms with Crippen molar-refractivity contribution in [1.82, 2.24) is 15.5 Å². The molecule has 2 amide bonds. The number of carbonyl (C=O) groups is 3. The molecular formula is C24H45N3O4. The summed E-state index contributed by atoms with van der Waals surface area (Å²) >= 11 is 0. The normalized spacial score (nSPS) is 19.4. The van der Waals surface area contributed by atoms with Gasteiger partial charge >= 0.3 is 0 Å². The van der Waals surface area contributed by atoms with Crippen LogP contribution >= 0.6 is 0 Å². The zero-order valence-electron chi connectivity index (χ0n) is 24.4. The summed E-state index contributed by atoms with van der Waals surface area (Å²) in [5.74, 6) is -1.77. The van der Waals surface area contributed by atoms with Crippen LogP contribution in [0.15, 0.2) is 12.1 Å². The molecule has 7 heteroatoms. The molecule has 0 bridgehead atoms. The van der Waals surface area contributed by atoms with Crippen molar-refractivity contribution < 1.29 is 25.0 Å². The number of Topliss-reactive ketones (excluding diaryl/α,β-unsaturated/α-hetero) is 1. The van der Waals surface area contributed by atoms with Gasteiger partial charge in [0, 0.05) is 17.6 Å². The molecule has 3 N–H and O–H groups in total. The molecule has 0 fully saturated rings. The summed E-state index contributed by atoms with van der Waals surface area (Å²) in [6.45, 7) is 8.28. The highest BCUT2D eigenvalue weighted by Crippen LogP contribution is 2.20. The number of aliphatic hydroxyl groups is 1. The van der Waals surface area contributed by atoms with E-state index in [1.165, 1.54) is 18.0 Å². The first-order chi connectivity index (χ1) is 16.0. The maximum absolute atomic E-state index is 13.5. The number of nitrogens with zero attached hydrogens (tertiary/aromatic N) is 1. The number of hydrogen-bond acceptors (Lipinski definition) is 5. The highest BCUT2D eigenvalue weighted by Gasteiger charge is 2.38. The summed E-state index contributed by atoms with van der Waals surface area (Å²) in [7, 11) is 3.11. The highest BCUT2D eigenvalue weighted by molar-refractivity contribution is 5.94. The monoisotopic (exact) mass is 445 g/mol. The number of ketones is 1. The maximum Gasteiger partial charge on any atom is 0.245 e. The fraction of sp³-hybridized carbons (Fsp3) is 0.792. The number of amides is 2. The molecular weight excluding hydrogens is 396 g/mol. The molecule has 0 aliphatic heterocycles. The van der Waals surface area contributed by atoms with E-state index in [1.807, 2.05) is 13.8 Å². The van der Waals surface area contributed by atoms with Crippen molar-refractivity contribution in [2.75, 3.05) is 14.1 Å². The fourth-order valence-corrected chi connectivity index (χ4v) is 3.49. The molecule has 5 atom stereocenters. The van der Waals surface area contributed by atoms with Crippen molar-refractivity contribution in [2.24, 2.45) is 17.8 Å². The third-order valence-corrected chi connectivity index (χ3v) is 5.54. The lowest BCUT2D eigenvalue weighted by atomic mass is 9.90. The zero-order chi connectivity index (χ0) is 27.7. The molecule has 0 spiro atoms. The summed E-state index contributed by atoms with van der Waals surface area (Å²) in [6, 6.07) is -3.09. The smallest absolute Gasteiger partial charge is 0.245 e. The molecule has 7 nitrogen and oxygen atoms in total. The van der Waals surface area contributed by atoms with Gasteiger partial charge in [-0.05, 0) is 44.5 Å². The minimum Gasteiger partial charge on any atom is -0.390 e. The van der Waals surface area contributed by atoms with Gasteiger partial charge in [-0.2, -0.15) is 0 Å². The van der Waals surface area contributed by atoms with Crippen LogP contribution in [0.3, 0.4) is 0 Å². The second-order valence-electron chi connectivity index (χ2n) is 8.97. The number of allylic oxidation sites excluding steroid dienone is 2. The minimum atomic E-state index is -2.56. The summed E-state index contributed by atoms with van der Waals surface area (Å²) in [5, 5.41) is 16.8. The lowest BCUT2D eigenvalue weighted by molar-refractivity contribution is -0.147. The Balaban J connectivity index is 5.82. The van der Waals surface area contributed by atoms with Gasteiger partial charge in [-0.3, -0.25) is 14.4 Å². The molecule has 0 aromatic rings. The molecule has 0 saturated heterocycles. The van der Waals surface area contributed by atoms with Crippen molar-refractivity contribution in [2.45, 2.75) is 91.9 Å². The Kier molecular flexibility index (Phi) is 10.4. The summed E-state index contributed by atoms with van der Waals surface area (Å²) < 4.78 is 29.5. The van der Waals surface area contributed by atoms with Crippen molar-refractivity contribution in [1.29, 1.82) is 0 Å². The Labute approximate surface area is 194 Å². The number of nitrogens with one attached hydrogen (secondary N) is 2. The van der Waals surface area contributed by atoms with Gasteiger partial charge in [0.15, 0.2) is 5.78 Å². The third-order valence-electron chi connectivity index (χ3n) is 5.54. The molecule has 180 valence electrons. The molecule has 0 saturated carbocycles. The van der Waals surface area contributed by atoms with Crippen molar-refractivity contribution in [3.63, 3.8) is 0 Å². The SMILES string of the molecule is [2H]/[13C](=C\C[C@@H](C)[C@@H](O)C(C(=O)CC)N(C)C(=O)[C@@H](NC(=O)[C@H](CC(C)C)NC)C(C)C)[13C]([2H])([2H])[2H]. The van der Waals surface area contributed by atoms with Crippen molar-refractivity contribution >= 4 is 17.6 Å². The van der Waals surface area contributed by atoms with Crippen LogP contribution in [0.4, 0.5) is 0 Å². The molecule has 0 rings (SSSR count). The Hall–Kier alpha value is -1.73. The van der Waals surface area contributed by atoms with E-state index >= 15 is 0 Å². The quantitative estimate of drug-likeness (QED) is 0.282. The van der Waals surface area contributed by atoms with Gasteiger partial charge < -0.3 is 20.6 Å². The van der Waals surface area contributed by atoms with E-state index in [1.54, 1.807) is 34.7 Å². The van der Waals surface area contributed by atoms with Crippen LogP contribution in [0.1, 0.15) is 73.1 Å². The van der Waals surface area contributed by atoms with Gasteiger partial charge in [-0.25, -0.2) is 0 Å². The fourth-order valence-electron chi connectivity index (χ4n) is 3.49. The number of hydrogen-bond donors (Lipinski definition) is 3. The average Bonchev–Trinajstić information content (AvgIpc) is 2.76. The lowest BCUT2D eigenvalue weighted by Gasteiger charge is -2.36. The summed E-state index contributed by atoms with van der Waals surface area (Å²) in [5.41, 5.74) is 0. The first kappa shape index (κ1) is 22.5. The van der Waals surface area contributed by atoms with Gasteiger partial charge in [-0.1, -0.05) is 53.7 Å². The second kappa shape index (κ2) is 14.4. The van der Waals surface area contributed by atoms with Crippen LogP contribution in [-0.2, 0) is 14.4 Å². The van der Waals surface area contributed by atoms with Gasteiger partial charge in [0.25, 0.3) is 0 Å². The summed E-state index contributed by atoms with van der Waals surface area (Å²) in [4.78, 5) is 40.3. The number of aliphatic hydroxyl groups excluding tert-OH is 1. The lowest BCUT2D eigenvalue weighted by Crippen LogP contribution is -2.59. The van der Waals surface area contributed by atoms with Crippen LogP contribution < -0.4 is 10.6 Å². The molecule has 0 aromatic carbocycles. The van der Waals surface area contributed by atoms with E-state index in [-0.39, 0.29) is 36.4 Å².